The number of allylic oxidation sites excluding steroid dienone is 1. The van der Waals surface area contributed by atoms with E-state index in [0.717, 1.165) is 11.1 Å². The topological polar surface area (TPSA) is 61.8 Å². The number of aryl methyl sites for hydroxylation is 1. The lowest BCUT2D eigenvalue weighted by molar-refractivity contribution is 0.00671. The molecule has 5 heteroatoms. The van der Waals surface area contributed by atoms with Gasteiger partial charge < -0.3 is 14.2 Å². The molecule has 0 aliphatic heterocycles. The molecule has 0 atom stereocenters. The number of methoxy groups -OCH3 is 1. The smallest absolute Gasteiger partial charge is 0.339 e. The predicted molar refractivity (Wildman–Crippen MR) is 123 cm³/mol. The first-order valence-corrected chi connectivity index (χ1v) is 10.3. The van der Waals surface area contributed by atoms with Crippen LogP contribution in [0.15, 0.2) is 36.4 Å². The molecule has 2 aromatic rings. The van der Waals surface area contributed by atoms with E-state index in [2.05, 4.69) is 0 Å². The highest BCUT2D eigenvalue weighted by Gasteiger charge is 2.24. The Kier molecular flexibility index (Phi) is 7.66. The largest absolute Gasteiger partial charge is 0.496 e. The molecule has 0 aliphatic rings. The van der Waals surface area contributed by atoms with E-state index < -0.39 is 11.6 Å². The summed E-state index contributed by atoms with van der Waals surface area (Å²) in [5.41, 5.74) is 2.53. The summed E-state index contributed by atoms with van der Waals surface area (Å²) in [5, 5.41) is 0. The van der Waals surface area contributed by atoms with E-state index in [0.29, 0.717) is 28.2 Å². The third kappa shape index (κ3) is 6.20. The predicted octanol–water partition coefficient (Wildman–Crippen LogP) is 5.95. The SMILES string of the molecule is COc1ccccc1C(=O)C=Cc1cc(C)c(C(=O)OC(C)(C)C)c(C)c1OC(C)C. The molecular weight excluding hydrogens is 392 g/mol. The van der Waals surface area contributed by atoms with Crippen LogP contribution in [0.4, 0.5) is 0 Å². The van der Waals surface area contributed by atoms with Crippen LogP contribution in [0.5, 0.6) is 11.5 Å². The number of hydrogen-bond donors (Lipinski definition) is 0. The number of para-hydroxylation sites is 1. The second-order valence-electron chi connectivity index (χ2n) is 8.68. The van der Waals surface area contributed by atoms with Crippen LogP contribution >= 0.6 is 0 Å². The van der Waals surface area contributed by atoms with Crippen molar-refractivity contribution in [2.45, 2.75) is 60.2 Å². The van der Waals surface area contributed by atoms with Crippen LogP contribution < -0.4 is 9.47 Å². The summed E-state index contributed by atoms with van der Waals surface area (Å²) in [6, 6.07) is 8.92. The van der Waals surface area contributed by atoms with Crippen molar-refractivity contribution < 1.29 is 23.8 Å². The molecule has 0 amide bonds. The second kappa shape index (κ2) is 9.82. The van der Waals surface area contributed by atoms with E-state index in [9.17, 15) is 9.59 Å². The zero-order valence-corrected chi connectivity index (χ0v) is 19.7. The minimum atomic E-state index is -0.602. The van der Waals surface area contributed by atoms with Gasteiger partial charge in [-0.05, 0) is 84.4 Å². The number of rotatable bonds is 7. The van der Waals surface area contributed by atoms with Crippen LogP contribution in [0.3, 0.4) is 0 Å². The van der Waals surface area contributed by atoms with Gasteiger partial charge in [0.25, 0.3) is 0 Å². The summed E-state index contributed by atoms with van der Waals surface area (Å²) in [6.07, 6.45) is 3.10. The molecule has 0 bridgehead atoms. The van der Waals surface area contributed by atoms with Crippen LogP contribution in [0.1, 0.15) is 72.0 Å². The minimum absolute atomic E-state index is 0.107. The van der Waals surface area contributed by atoms with Crippen molar-refractivity contribution in [2.75, 3.05) is 7.11 Å². The summed E-state index contributed by atoms with van der Waals surface area (Å²) in [7, 11) is 1.53. The summed E-state index contributed by atoms with van der Waals surface area (Å²) < 4.78 is 16.9. The van der Waals surface area contributed by atoms with E-state index in [1.54, 1.807) is 24.3 Å². The van der Waals surface area contributed by atoms with Crippen molar-refractivity contribution in [2.24, 2.45) is 0 Å². The molecular formula is C26H32O5. The van der Waals surface area contributed by atoms with Gasteiger partial charge in [-0.2, -0.15) is 0 Å². The third-order valence-corrected chi connectivity index (χ3v) is 4.49. The molecule has 0 saturated heterocycles. The Hall–Kier alpha value is -3.08. The number of ketones is 1. The maximum absolute atomic E-state index is 12.8. The van der Waals surface area contributed by atoms with Gasteiger partial charge in [0.15, 0.2) is 5.78 Å². The summed E-state index contributed by atoms with van der Waals surface area (Å²) >= 11 is 0. The van der Waals surface area contributed by atoms with Gasteiger partial charge in [0, 0.05) is 11.1 Å². The maximum atomic E-state index is 12.8. The molecule has 0 unspecified atom stereocenters. The zero-order valence-electron chi connectivity index (χ0n) is 19.7. The average molecular weight is 425 g/mol. The molecule has 0 aromatic heterocycles. The quantitative estimate of drug-likeness (QED) is 0.312. The Balaban J connectivity index is 2.51. The fourth-order valence-corrected chi connectivity index (χ4v) is 3.26. The molecule has 0 aliphatic carbocycles. The van der Waals surface area contributed by atoms with Gasteiger partial charge in [-0.1, -0.05) is 12.1 Å². The van der Waals surface area contributed by atoms with Gasteiger partial charge >= 0.3 is 5.97 Å². The van der Waals surface area contributed by atoms with E-state index in [4.69, 9.17) is 14.2 Å². The van der Waals surface area contributed by atoms with Crippen LogP contribution in [0, 0.1) is 13.8 Å². The molecule has 166 valence electrons. The first kappa shape index (κ1) is 24.2. The summed E-state index contributed by atoms with van der Waals surface area (Å²) in [6.45, 7) is 13.0. The highest BCUT2D eigenvalue weighted by molar-refractivity contribution is 6.09. The van der Waals surface area contributed by atoms with Crippen molar-refractivity contribution >= 4 is 17.8 Å². The Morgan fingerprint density at radius 3 is 2.29 bits per heavy atom. The fraction of sp³-hybridized carbons (Fsp3) is 0.385. The van der Waals surface area contributed by atoms with E-state index in [-0.39, 0.29) is 11.9 Å². The molecule has 0 spiro atoms. The van der Waals surface area contributed by atoms with E-state index >= 15 is 0 Å². The van der Waals surface area contributed by atoms with Crippen molar-refractivity contribution in [3.8, 4) is 11.5 Å². The zero-order chi connectivity index (χ0) is 23.3. The first-order valence-electron chi connectivity index (χ1n) is 10.3. The fourth-order valence-electron chi connectivity index (χ4n) is 3.26. The van der Waals surface area contributed by atoms with Gasteiger partial charge in [0.2, 0.25) is 0 Å². The van der Waals surface area contributed by atoms with Gasteiger partial charge in [-0.15, -0.1) is 0 Å². The highest BCUT2D eigenvalue weighted by Crippen LogP contribution is 2.33. The summed E-state index contributed by atoms with van der Waals surface area (Å²) in [5.74, 6) is 0.505. The Bertz CT molecular complexity index is 994. The Morgan fingerprint density at radius 1 is 1.06 bits per heavy atom. The summed E-state index contributed by atoms with van der Waals surface area (Å²) in [4.78, 5) is 25.6. The van der Waals surface area contributed by atoms with Gasteiger partial charge in [0.1, 0.15) is 17.1 Å². The molecule has 0 radical (unpaired) electrons. The molecule has 5 nitrogen and oxygen atoms in total. The van der Waals surface area contributed by atoms with Crippen molar-refractivity contribution in [1.82, 2.24) is 0 Å². The van der Waals surface area contributed by atoms with Gasteiger partial charge in [-0.25, -0.2) is 4.79 Å². The number of hydrogen-bond acceptors (Lipinski definition) is 5. The molecule has 2 aromatic carbocycles. The maximum Gasteiger partial charge on any atom is 0.339 e. The van der Waals surface area contributed by atoms with E-state index in [1.807, 2.05) is 60.6 Å². The lowest BCUT2D eigenvalue weighted by Crippen LogP contribution is -2.25. The van der Waals surface area contributed by atoms with Gasteiger partial charge in [-0.3, -0.25) is 4.79 Å². The lowest BCUT2D eigenvalue weighted by Gasteiger charge is -2.23. The van der Waals surface area contributed by atoms with Crippen LogP contribution in [0.25, 0.3) is 6.08 Å². The first-order chi connectivity index (χ1) is 14.4. The normalized spacial score (nSPS) is 11.6. The number of ether oxygens (including phenoxy) is 3. The molecule has 0 fully saturated rings. The number of esters is 1. The average Bonchev–Trinajstić information content (AvgIpc) is 2.66. The highest BCUT2D eigenvalue weighted by atomic mass is 16.6. The minimum Gasteiger partial charge on any atom is -0.496 e. The van der Waals surface area contributed by atoms with Crippen molar-refractivity contribution in [3.05, 3.63) is 64.2 Å². The van der Waals surface area contributed by atoms with Crippen molar-refractivity contribution in [3.63, 3.8) is 0 Å². The third-order valence-electron chi connectivity index (χ3n) is 4.49. The number of carbonyl (C=O) groups is 2. The lowest BCUT2D eigenvalue weighted by atomic mass is 9.96. The molecule has 0 N–H and O–H groups in total. The Labute approximate surface area is 185 Å². The second-order valence-corrected chi connectivity index (χ2v) is 8.68. The van der Waals surface area contributed by atoms with E-state index in [1.165, 1.54) is 13.2 Å². The molecule has 0 saturated carbocycles. The number of carbonyl (C=O) groups excluding carboxylic acids is 2. The standard InChI is InChI=1S/C26H32O5/c1-16(2)30-24-18(4)23(25(28)31-26(5,6)7)17(3)15-19(24)13-14-21(27)20-11-9-10-12-22(20)29-8/h9-16H,1-8H3. The van der Waals surface area contributed by atoms with Crippen LogP contribution in [0.2, 0.25) is 0 Å². The Morgan fingerprint density at radius 2 is 1.71 bits per heavy atom. The van der Waals surface area contributed by atoms with Crippen molar-refractivity contribution in [1.29, 1.82) is 0 Å². The van der Waals surface area contributed by atoms with Crippen LogP contribution in [-0.2, 0) is 4.74 Å². The molecule has 0 heterocycles. The van der Waals surface area contributed by atoms with Gasteiger partial charge in [0.05, 0.1) is 24.3 Å². The number of benzene rings is 2. The molecule has 2 rings (SSSR count). The van der Waals surface area contributed by atoms with Crippen LogP contribution in [-0.4, -0.2) is 30.6 Å². The monoisotopic (exact) mass is 424 g/mol. The molecule has 31 heavy (non-hydrogen) atoms.